The number of carboxylic acids is 1. The Morgan fingerprint density at radius 1 is 1.47 bits per heavy atom. The number of carbonyl (C=O) groups is 1. The number of aliphatic carboxylic acids is 1. The SMILES string of the molecule is O=C(O)CSc1nnc(COc2cccc(Br)c2)o1. The van der Waals surface area contributed by atoms with Crippen LogP contribution in [-0.4, -0.2) is 27.0 Å². The predicted octanol–water partition coefficient (Wildman–Crippen LogP) is 2.59. The van der Waals surface area contributed by atoms with Crippen LogP contribution in [0.4, 0.5) is 0 Å². The molecule has 0 saturated heterocycles. The van der Waals surface area contributed by atoms with Crippen molar-refractivity contribution in [1.29, 1.82) is 0 Å². The molecule has 100 valence electrons. The topological polar surface area (TPSA) is 85.5 Å². The number of hydrogen-bond donors (Lipinski definition) is 1. The molecule has 0 atom stereocenters. The maximum absolute atomic E-state index is 10.4. The predicted molar refractivity (Wildman–Crippen MR) is 71.1 cm³/mol. The summed E-state index contributed by atoms with van der Waals surface area (Å²) in [5.74, 6) is -0.0796. The normalized spacial score (nSPS) is 10.4. The summed E-state index contributed by atoms with van der Waals surface area (Å²) >= 11 is 4.31. The van der Waals surface area contributed by atoms with Crippen LogP contribution in [0.25, 0.3) is 0 Å². The van der Waals surface area contributed by atoms with Gasteiger partial charge in [-0.15, -0.1) is 10.2 Å². The molecule has 6 nitrogen and oxygen atoms in total. The molecule has 0 amide bonds. The quantitative estimate of drug-likeness (QED) is 0.806. The molecule has 2 aromatic rings. The zero-order chi connectivity index (χ0) is 13.7. The second-order valence-electron chi connectivity index (χ2n) is 3.39. The van der Waals surface area contributed by atoms with Crippen molar-refractivity contribution in [2.75, 3.05) is 5.75 Å². The van der Waals surface area contributed by atoms with E-state index in [0.717, 1.165) is 16.2 Å². The molecule has 1 heterocycles. The molecular weight excluding hydrogens is 336 g/mol. The number of nitrogens with zero attached hydrogens (tertiary/aromatic N) is 2. The Labute approximate surface area is 121 Å². The maximum Gasteiger partial charge on any atom is 0.314 e. The molecule has 1 N–H and O–H groups in total. The van der Waals surface area contributed by atoms with Crippen LogP contribution >= 0.6 is 27.7 Å². The second kappa shape index (κ2) is 6.58. The average molecular weight is 345 g/mol. The van der Waals surface area contributed by atoms with Gasteiger partial charge in [0.2, 0.25) is 0 Å². The number of thioether (sulfide) groups is 1. The zero-order valence-electron chi connectivity index (χ0n) is 9.58. The van der Waals surface area contributed by atoms with Crippen LogP contribution in [0.1, 0.15) is 5.89 Å². The third-order valence-electron chi connectivity index (χ3n) is 1.93. The first kappa shape index (κ1) is 13.9. The van der Waals surface area contributed by atoms with Crippen molar-refractivity contribution in [3.63, 3.8) is 0 Å². The molecule has 1 aromatic heterocycles. The van der Waals surface area contributed by atoms with E-state index < -0.39 is 5.97 Å². The molecule has 19 heavy (non-hydrogen) atoms. The van der Waals surface area contributed by atoms with Crippen LogP contribution in [0.5, 0.6) is 5.75 Å². The Bertz CT molecular complexity index is 575. The summed E-state index contributed by atoms with van der Waals surface area (Å²) in [6, 6.07) is 7.36. The van der Waals surface area contributed by atoms with Crippen molar-refractivity contribution in [1.82, 2.24) is 10.2 Å². The second-order valence-corrected chi connectivity index (χ2v) is 5.23. The van der Waals surface area contributed by atoms with Gasteiger partial charge >= 0.3 is 5.97 Å². The van der Waals surface area contributed by atoms with Crippen LogP contribution in [0, 0.1) is 0 Å². The van der Waals surface area contributed by atoms with Gasteiger partial charge in [-0.05, 0) is 18.2 Å². The minimum Gasteiger partial charge on any atom is -0.484 e. The number of benzene rings is 1. The molecule has 0 aliphatic rings. The number of rotatable bonds is 6. The fourth-order valence-electron chi connectivity index (χ4n) is 1.18. The first-order valence-electron chi connectivity index (χ1n) is 5.19. The van der Waals surface area contributed by atoms with Gasteiger partial charge in [0.15, 0.2) is 6.61 Å². The highest BCUT2D eigenvalue weighted by Gasteiger charge is 2.09. The standard InChI is InChI=1S/C11H9BrN2O4S/c12-7-2-1-3-8(4-7)17-5-9-13-14-11(18-9)19-6-10(15)16/h1-4H,5-6H2,(H,15,16). The van der Waals surface area contributed by atoms with E-state index in [0.29, 0.717) is 11.6 Å². The highest BCUT2D eigenvalue weighted by atomic mass is 79.9. The fourth-order valence-corrected chi connectivity index (χ4v) is 2.06. The van der Waals surface area contributed by atoms with Crippen molar-refractivity contribution in [3.8, 4) is 5.75 Å². The van der Waals surface area contributed by atoms with Crippen LogP contribution in [0.15, 0.2) is 38.4 Å². The van der Waals surface area contributed by atoms with Gasteiger partial charge in [-0.3, -0.25) is 4.79 Å². The largest absolute Gasteiger partial charge is 0.484 e. The molecule has 1 aromatic carbocycles. The fraction of sp³-hybridized carbons (Fsp3) is 0.182. The minimum atomic E-state index is -0.935. The Balaban J connectivity index is 1.88. The Morgan fingerprint density at radius 2 is 2.32 bits per heavy atom. The summed E-state index contributed by atoms with van der Waals surface area (Å²) in [6.07, 6.45) is 0. The summed E-state index contributed by atoms with van der Waals surface area (Å²) in [4.78, 5) is 10.4. The van der Waals surface area contributed by atoms with Crippen LogP contribution in [-0.2, 0) is 11.4 Å². The summed E-state index contributed by atoms with van der Waals surface area (Å²) < 4.78 is 11.6. The van der Waals surface area contributed by atoms with Crippen LogP contribution < -0.4 is 4.74 Å². The first-order chi connectivity index (χ1) is 9.13. The number of halogens is 1. The van der Waals surface area contributed by atoms with Gasteiger partial charge in [-0.2, -0.15) is 0 Å². The molecule has 0 saturated carbocycles. The van der Waals surface area contributed by atoms with Crippen molar-refractivity contribution < 1.29 is 19.1 Å². The summed E-state index contributed by atoms with van der Waals surface area (Å²) in [5.41, 5.74) is 0. The lowest BCUT2D eigenvalue weighted by Crippen LogP contribution is -1.97. The first-order valence-corrected chi connectivity index (χ1v) is 6.96. The highest BCUT2D eigenvalue weighted by Crippen LogP contribution is 2.20. The molecule has 0 aliphatic heterocycles. The molecule has 0 spiro atoms. The van der Waals surface area contributed by atoms with Crippen molar-refractivity contribution in [3.05, 3.63) is 34.6 Å². The van der Waals surface area contributed by atoms with Crippen molar-refractivity contribution in [2.45, 2.75) is 11.8 Å². The number of aromatic nitrogens is 2. The molecule has 0 radical (unpaired) electrons. The lowest BCUT2D eigenvalue weighted by molar-refractivity contribution is -0.133. The van der Waals surface area contributed by atoms with Crippen molar-refractivity contribution >= 4 is 33.7 Å². The minimum absolute atomic E-state index is 0.117. The Morgan fingerprint density at radius 3 is 3.05 bits per heavy atom. The number of ether oxygens (including phenoxy) is 1. The van der Waals surface area contributed by atoms with Gasteiger partial charge in [-0.25, -0.2) is 0 Å². The van der Waals surface area contributed by atoms with Gasteiger partial charge in [0.1, 0.15) is 11.5 Å². The van der Waals surface area contributed by atoms with E-state index in [-0.39, 0.29) is 17.6 Å². The van der Waals surface area contributed by atoms with Gasteiger partial charge in [0.25, 0.3) is 11.1 Å². The summed E-state index contributed by atoms with van der Waals surface area (Å²) in [5, 5.41) is 16.2. The molecule has 0 bridgehead atoms. The molecule has 8 heteroatoms. The van der Waals surface area contributed by atoms with E-state index in [1.807, 2.05) is 18.2 Å². The molecule has 0 unspecified atom stereocenters. The van der Waals surface area contributed by atoms with Crippen LogP contribution in [0.3, 0.4) is 0 Å². The van der Waals surface area contributed by atoms with E-state index in [4.69, 9.17) is 14.3 Å². The molecular formula is C11H9BrN2O4S. The molecule has 0 aliphatic carbocycles. The van der Waals surface area contributed by atoms with Gasteiger partial charge in [0, 0.05) is 4.47 Å². The number of hydrogen-bond acceptors (Lipinski definition) is 6. The van der Waals surface area contributed by atoms with E-state index >= 15 is 0 Å². The third-order valence-corrected chi connectivity index (χ3v) is 3.22. The smallest absolute Gasteiger partial charge is 0.314 e. The Kier molecular flexibility index (Phi) is 4.80. The zero-order valence-corrected chi connectivity index (χ0v) is 12.0. The van der Waals surface area contributed by atoms with Crippen LogP contribution in [0.2, 0.25) is 0 Å². The monoisotopic (exact) mass is 344 g/mol. The lowest BCUT2D eigenvalue weighted by Gasteiger charge is -2.02. The van der Waals surface area contributed by atoms with E-state index in [1.165, 1.54) is 0 Å². The van der Waals surface area contributed by atoms with Gasteiger partial charge in [-0.1, -0.05) is 33.8 Å². The summed E-state index contributed by atoms with van der Waals surface area (Å²) in [6.45, 7) is 0.136. The number of carboxylic acid groups (broad SMARTS) is 1. The molecule has 0 fully saturated rings. The van der Waals surface area contributed by atoms with Crippen molar-refractivity contribution in [2.24, 2.45) is 0 Å². The van der Waals surface area contributed by atoms with E-state index in [2.05, 4.69) is 26.1 Å². The third kappa shape index (κ3) is 4.56. The Hall–Kier alpha value is -1.54. The van der Waals surface area contributed by atoms with Gasteiger partial charge in [0.05, 0.1) is 0 Å². The van der Waals surface area contributed by atoms with Gasteiger partial charge < -0.3 is 14.3 Å². The lowest BCUT2D eigenvalue weighted by atomic mass is 10.3. The van der Waals surface area contributed by atoms with E-state index in [1.54, 1.807) is 6.07 Å². The summed E-state index contributed by atoms with van der Waals surface area (Å²) in [7, 11) is 0. The highest BCUT2D eigenvalue weighted by molar-refractivity contribution is 9.10. The molecule has 2 rings (SSSR count). The van der Waals surface area contributed by atoms with E-state index in [9.17, 15) is 4.79 Å². The maximum atomic E-state index is 10.4. The average Bonchev–Trinajstić information content (AvgIpc) is 2.82.